The van der Waals surface area contributed by atoms with E-state index >= 15 is 0 Å². The molecule has 0 N–H and O–H groups in total. The molecule has 0 aliphatic heterocycles. The summed E-state index contributed by atoms with van der Waals surface area (Å²) in [5.41, 5.74) is 10.8. The summed E-state index contributed by atoms with van der Waals surface area (Å²) in [5.74, 6) is 0.901. The molecule has 0 unspecified atom stereocenters. The van der Waals surface area contributed by atoms with E-state index in [0.717, 1.165) is 75.1 Å². The molecule has 289 valence electrons. The average Bonchev–Trinajstić information content (AvgIpc) is 3.68. The van der Waals surface area contributed by atoms with Gasteiger partial charge in [0.25, 0.3) is 0 Å². The van der Waals surface area contributed by atoms with E-state index in [2.05, 4.69) is 157 Å². The van der Waals surface area contributed by atoms with Gasteiger partial charge in [-0.3, -0.25) is 4.98 Å². The third kappa shape index (κ3) is 9.63. The molecule has 0 bridgehead atoms. The summed E-state index contributed by atoms with van der Waals surface area (Å²) in [6.45, 7) is 21.5. The summed E-state index contributed by atoms with van der Waals surface area (Å²) in [7, 11) is -1.37. The Kier molecular flexibility index (Phi) is 12.0. The minimum Gasteiger partial charge on any atom is -0.486 e. The van der Waals surface area contributed by atoms with Crippen LogP contribution in [-0.2, 0) is 39.5 Å². The third-order valence-electron chi connectivity index (χ3n) is 9.62. The zero-order valence-corrected chi connectivity index (χ0v) is 37.5. The van der Waals surface area contributed by atoms with E-state index in [9.17, 15) is 0 Å². The van der Waals surface area contributed by atoms with Crippen LogP contribution in [0.25, 0.3) is 55.7 Å². The first-order chi connectivity index (χ1) is 26.1. The molecule has 4 heterocycles. The Bertz CT molecular complexity index is 2570. The monoisotopic (exact) mass is 933 g/mol. The Hall–Kier alpha value is -4.68. The van der Waals surface area contributed by atoms with E-state index in [0.29, 0.717) is 5.71 Å². The molecule has 0 saturated heterocycles. The fraction of sp³-hybridized carbons (Fsp3) is 0.286. The van der Waals surface area contributed by atoms with Gasteiger partial charge in [0.15, 0.2) is 0 Å². The predicted octanol–water partition coefficient (Wildman–Crippen LogP) is 12.1. The number of rotatable bonds is 7. The van der Waals surface area contributed by atoms with Crippen molar-refractivity contribution in [2.45, 2.75) is 80.6 Å². The fourth-order valence-electron chi connectivity index (χ4n) is 7.21. The van der Waals surface area contributed by atoms with Crippen molar-refractivity contribution in [3.63, 3.8) is 0 Å². The van der Waals surface area contributed by atoms with Crippen LogP contribution in [0.5, 0.6) is 0 Å². The first kappa shape index (κ1) is 41.0. The molecule has 4 aromatic carbocycles. The number of fused-ring (bicyclic) bond motifs is 4. The van der Waals surface area contributed by atoms with Gasteiger partial charge in [-0.15, -0.1) is 59.7 Å². The van der Waals surface area contributed by atoms with Crippen molar-refractivity contribution in [3.8, 4) is 22.6 Å². The number of hydrogen-bond donors (Lipinski definition) is 0. The molecule has 1 radical (unpaired) electrons. The van der Waals surface area contributed by atoms with Gasteiger partial charge in [0.05, 0.1) is 30.5 Å². The summed E-state index contributed by atoms with van der Waals surface area (Å²) < 4.78 is 8.38. The summed E-state index contributed by atoms with van der Waals surface area (Å²) in [5, 5.41) is 3.54. The molecule has 7 heteroatoms. The van der Waals surface area contributed by atoms with Crippen molar-refractivity contribution in [3.05, 3.63) is 144 Å². The van der Waals surface area contributed by atoms with Crippen molar-refractivity contribution in [1.82, 2.24) is 19.5 Å². The van der Waals surface area contributed by atoms with Crippen molar-refractivity contribution >= 4 is 46.4 Å². The number of aromatic nitrogens is 4. The number of pyridine rings is 2. The maximum absolute atomic E-state index is 6.11. The molecule has 0 aliphatic rings. The predicted molar refractivity (Wildman–Crippen MR) is 232 cm³/mol. The number of nitrogens with zero attached hydrogens (tertiary/aromatic N) is 4. The van der Waals surface area contributed by atoms with Gasteiger partial charge in [-0.05, 0) is 64.4 Å². The normalized spacial score (nSPS) is 12.1. The average molecular weight is 933 g/mol. The van der Waals surface area contributed by atoms with E-state index < -0.39 is 8.07 Å². The topological polar surface area (TPSA) is 56.7 Å². The molecule has 0 aliphatic carbocycles. The molecule has 0 fully saturated rings. The summed E-state index contributed by atoms with van der Waals surface area (Å²) in [4.78, 5) is 14.5. The third-order valence-corrected chi connectivity index (χ3v) is 11.7. The molecular weight excluding hydrogens is 881 g/mol. The molecular formula is C49H52IrN4OSi-2. The van der Waals surface area contributed by atoms with Crippen molar-refractivity contribution in [1.29, 1.82) is 0 Å². The first-order valence-electron chi connectivity index (χ1n) is 19.3. The SMILES string of the molecule is CC(C)(C)Cc1cc(-c2[c-]cccc2)ncc1[Si](C)(C)C.CC(C)(C)Cc1ccc2c(n1)oc1c[c-]c(-c3nc4ccccc4n3Cc3ccccc3)cc12.[Ir]. The Morgan fingerprint density at radius 3 is 2.12 bits per heavy atom. The van der Waals surface area contributed by atoms with Crippen molar-refractivity contribution in [2.24, 2.45) is 10.8 Å². The van der Waals surface area contributed by atoms with Gasteiger partial charge in [-0.1, -0.05) is 121 Å². The second-order valence-electron chi connectivity index (χ2n) is 18.1. The molecule has 5 nitrogen and oxygen atoms in total. The van der Waals surface area contributed by atoms with E-state index in [-0.39, 0.29) is 30.9 Å². The number of furan rings is 1. The van der Waals surface area contributed by atoms with Crippen LogP contribution in [0.2, 0.25) is 19.6 Å². The second kappa shape index (κ2) is 16.4. The summed E-state index contributed by atoms with van der Waals surface area (Å²) in [6.07, 6.45) is 4.11. The van der Waals surface area contributed by atoms with Gasteiger partial charge in [-0.25, -0.2) is 4.98 Å². The molecule has 0 atom stereocenters. The van der Waals surface area contributed by atoms with Crippen LogP contribution in [0.15, 0.2) is 120 Å². The van der Waals surface area contributed by atoms with Crippen molar-refractivity contribution in [2.75, 3.05) is 0 Å². The molecule has 56 heavy (non-hydrogen) atoms. The molecule has 4 aromatic heterocycles. The Labute approximate surface area is 347 Å². The van der Waals surface area contributed by atoms with E-state index in [1.165, 1.54) is 16.3 Å². The van der Waals surface area contributed by atoms with Gasteiger partial charge in [0.2, 0.25) is 5.71 Å². The summed E-state index contributed by atoms with van der Waals surface area (Å²) in [6, 6.07) is 44.1. The van der Waals surface area contributed by atoms with Gasteiger partial charge in [0.1, 0.15) is 0 Å². The molecule has 0 saturated carbocycles. The molecule has 8 rings (SSSR count). The number of imidazole rings is 1. The maximum Gasteiger partial charge on any atom is 0.216 e. The van der Waals surface area contributed by atoms with Crippen LogP contribution in [-0.4, -0.2) is 27.6 Å². The largest absolute Gasteiger partial charge is 0.486 e. The van der Waals surface area contributed by atoms with Crippen LogP contribution in [0.1, 0.15) is 58.4 Å². The Morgan fingerprint density at radius 2 is 1.43 bits per heavy atom. The standard InChI is InChI=1S/C30H26N3O.C19H26NSi.Ir/c1-30(2,3)18-22-14-15-23-24-17-21(13-16-27(24)34-29(23)31-22)28-32-25-11-7-8-12-26(25)33(28)19-20-9-5-4-6-10-20;1-19(2,3)13-16-12-17(15-10-8-7-9-11-15)20-14-18(16)21(4,5)6;/h4-12,14-17H,18-19H2,1-3H3;7-10,12,14H,13H2,1-6H3;/q2*-1;. The molecule has 8 aromatic rings. The van der Waals surface area contributed by atoms with Gasteiger partial charge < -0.3 is 14.0 Å². The van der Waals surface area contributed by atoms with E-state index in [1.807, 2.05) is 36.4 Å². The maximum atomic E-state index is 6.11. The minimum absolute atomic E-state index is 0. The Balaban J connectivity index is 0.000000209. The van der Waals surface area contributed by atoms with Crippen LogP contribution in [0.3, 0.4) is 0 Å². The Morgan fingerprint density at radius 1 is 0.714 bits per heavy atom. The smallest absolute Gasteiger partial charge is 0.216 e. The molecule has 0 spiro atoms. The summed E-state index contributed by atoms with van der Waals surface area (Å²) >= 11 is 0. The van der Waals surface area contributed by atoms with E-state index in [4.69, 9.17) is 19.4 Å². The second-order valence-corrected chi connectivity index (χ2v) is 23.1. The van der Waals surface area contributed by atoms with Crippen molar-refractivity contribution < 1.29 is 24.5 Å². The fourth-order valence-corrected chi connectivity index (χ4v) is 8.78. The van der Waals surface area contributed by atoms with Crippen LogP contribution in [0, 0.1) is 23.0 Å². The first-order valence-corrected chi connectivity index (χ1v) is 22.8. The van der Waals surface area contributed by atoms with Crippen LogP contribution < -0.4 is 5.19 Å². The zero-order valence-electron chi connectivity index (χ0n) is 34.1. The van der Waals surface area contributed by atoms with Gasteiger partial charge in [0, 0.05) is 43.9 Å². The van der Waals surface area contributed by atoms with Gasteiger partial charge in [-0.2, -0.15) is 0 Å². The van der Waals surface area contributed by atoms with Gasteiger partial charge >= 0.3 is 0 Å². The van der Waals surface area contributed by atoms with E-state index in [1.54, 1.807) is 0 Å². The number of benzene rings is 4. The number of hydrogen-bond acceptors (Lipinski definition) is 4. The number of para-hydroxylation sites is 2. The quantitative estimate of drug-likeness (QED) is 0.118. The zero-order chi connectivity index (χ0) is 39.0. The minimum atomic E-state index is -1.37. The van der Waals surface area contributed by atoms with Crippen LogP contribution in [0.4, 0.5) is 0 Å². The molecule has 0 amide bonds. The van der Waals surface area contributed by atoms with Crippen LogP contribution >= 0.6 is 0 Å².